The zero-order chi connectivity index (χ0) is 26.3. The lowest BCUT2D eigenvalue weighted by molar-refractivity contribution is 0.122. The van der Waals surface area contributed by atoms with Gasteiger partial charge >= 0.3 is 0 Å². The molecule has 0 saturated carbocycles. The molecule has 0 unspecified atom stereocenters. The van der Waals surface area contributed by atoms with Gasteiger partial charge in [-0.2, -0.15) is 5.26 Å². The number of rotatable bonds is 9. The number of aromatic nitrogens is 1. The monoisotopic (exact) mass is 513 g/mol. The molecule has 0 bridgehead atoms. The maximum absolute atomic E-state index is 10.3. The van der Waals surface area contributed by atoms with Crippen molar-refractivity contribution in [3.05, 3.63) is 76.3 Å². The lowest BCUT2D eigenvalue weighted by Gasteiger charge is -2.34. The summed E-state index contributed by atoms with van der Waals surface area (Å²) in [4.78, 5) is 9.67. The minimum atomic E-state index is 0.645. The van der Waals surface area contributed by atoms with Crippen LogP contribution in [0.1, 0.15) is 27.8 Å². The van der Waals surface area contributed by atoms with Crippen molar-refractivity contribution in [3.63, 3.8) is 0 Å². The molecule has 0 radical (unpaired) electrons. The first-order valence-electron chi connectivity index (χ1n) is 13.2. The van der Waals surface area contributed by atoms with Crippen LogP contribution in [0.2, 0.25) is 0 Å². The summed E-state index contributed by atoms with van der Waals surface area (Å²) < 4.78 is 16.4. The smallest absolute Gasteiger partial charge is 0.160 e. The zero-order valence-corrected chi connectivity index (χ0v) is 22.2. The molecule has 2 aliphatic heterocycles. The number of fused-ring (bicyclic) bond motifs is 1. The number of methoxy groups -OCH3 is 2. The first-order valence-corrected chi connectivity index (χ1v) is 13.2. The summed E-state index contributed by atoms with van der Waals surface area (Å²) >= 11 is 0. The van der Waals surface area contributed by atoms with E-state index in [0.717, 1.165) is 91.9 Å². The van der Waals surface area contributed by atoms with Gasteiger partial charge in [-0.25, -0.2) is 4.98 Å². The van der Waals surface area contributed by atoms with Crippen LogP contribution < -0.4 is 19.7 Å². The van der Waals surface area contributed by atoms with E-state index >= 15 is 0 Å². The van der Waals surface area contributed by atoms with Gasteiger partial charge in [0.05, 0.1) is 33.0 Å². The topological polar surface area (TPSA) is 82.9 Å². The Morgan fingerprint density at radius 3 is 2.50 bits per heavy atom. The minimum absolute atomic E-state index is 0.645. The first kappa shape index (κ1) is 25.8. The van der Waals surface area contributed by atoms with Crippen LogP contribution in [0.5, 0.6) is 11.5 Å². The first-order chi connectivity index (χ1) is 18.7. The molecule has 5 rings (SSSR count). The second kappa shape index (κ2) is 12.2. The maximum atomic E-state index is 10.3. The van der Waals surface area contributed by atoms with E-state index in [4.69, 9.17) is 19.2 Å². The minimum Gasteiger partial charge on any atom is -0.493 e. The molecule has 3 aromatic rings. The Hall–Kier alpha value is -3.80. The number of benzene rings is 2. The Bertz CT molecular complexity index is 1290. The van der Waals surface area contributed by atoms with Crippen molar-refractivity contribution in [1.29, 1.82) is 5.26 Å². The summed E-state index contributed by atoms with van der Waals surface area (Å²) in [6.07, 6.45) is 1.66. The highest BCUT2D eigenvalue weighted by atomic mass is 16.5. The van der Waals surface area contributed by atoms with Gasteiger partial charge in [0.15, 0.2) is 11.5 Å². The number of ether oxygens (including phenoxy) is 3. The number of nitriles is 1. The van der Waals surface area contributed by atoms with Crippen molar-refractivity contribution in [2.45, 2.75) is 25.9 Å². The van der Waals surface area contributed by atoms with E-state index in [-0.39, 0.29) is 0 Å². The molecular formula is C30H35N5O3. The molecule has 1 aromatic heterocycles. The Morgan fingerprint density at radius 2 is 1.76 bits per heavy atom. The lowest BCUT2D eigenvalue weighted by Crippen LogP contribution is -2.38. The van der Waals surface area contributed by atoms with E-state index in [1.807, 2.05) is 18.2 Å². The molecule has 0 atom stereocenters. The molecule has 2 aromatic carbocycles. The summed E-state index contributed by atoms with van der Waals surface area (Å²) in [5, 5.41) is 13.9. The number of nitrogens with one attached hydrogen (secondary N) is 1. The van der Waals surface area contributed by atoms with Gasteiger partial charge in [-0.15, -0.1) is 0 Å². The van der Waals surface area contributed by atoms with Crippen LogP contribution in [-0.4, -0.2) is 63.5 Å². The molecule has 8 nitrogen and oxygen atoms in total. The second-order valence-corrected chi connectivity index (χ2v) is 9.64. The van der Waals surface area contributed by atoms with E-state index in [9.17, 15) is 5.26 Å². The quantitative estimate of drug-likeness (QED) is 0.460. The van der Waals surface area contributed by atoms with Crippen LogP contribution in [0.3, 0.4) is 0 Å². The molecule has 0 amide bonds. The predicted molar refractivity (Wildman–Crippen MR) is 148 cm³/mol. The predicted octanol–water partition coefficient (Wildman–Crippen LogP) is 4.02. The van der Waals surface area contributed by atoms with Crippen molar-refractivity contribution < 1.29 is 14.2 Å². The van der Waals surface area contributed by atoms with Crippen LogP contribution in [0.4, 0.5) is 11.6 Å². The molecule has 2 aliphatic rings. The van der Waals surface area contributed by atoms with Crippen molar-refractivity contribution in [3.8, 4) is 17.6 Å². The maximum Gasteiger partial charge on any atom is 0.160 e. The number of nitrogens with zero attached hydrogens (tertiary/aromatic N) is 4. The van der Waals surface area contributed by atoms with Crippen LogP contribution >= 0.6 is 0 Å². The number of morpholine rings is 1. The van der Waals surface area contributed by atoms with Crippen molar-refractivity contribution in [2.75, 3.05) is 63.8 Å². The fourth-order valence-electron chi connectivity index (χ4n) is 5.28. The number of hydrogen-bond acceptors (Lipinski definition) is 8. The third-order valence-electron chi connectivity index (χ3n) is 7.28. The number of anilines is 2. The van der Waals surface area contributed by atoms with Gasteiger partial charge in [0.2, 0.25) is 0 Å². The Labute approximate surface area is 224 Å². The molecule has 1 N–H and O–H groups in total. The van der Waals surface area contributed by atoms with Gasteiger partial charge in [0, 0.05) is 44.8 Å². The highest BCUT2D eigenvalue weighted by molar-refractivity contribution is 5.67. The summed E-state index contributed by atoms with van der Waals surface area (Å²) in [7, 11) is 3.30. The van der Waals surface area contributed by atoms with Gasteiger partial charge in [-0.3, -0.25) is 4.90 Å². The molecule has 38 heavy (non-hydrogen) atoms. The third kappa shape index (κ3) is 5.69. The van der Waals surface area contributed by atoms with Crippen molar-refractivity contribution >= 4 is 11.6 Å². The molecular weight excluding hydrogens is 478 g/mol. The van der Waals surface area contributed by atoms with Crippen molar-refractivity contribution in [1.82, 2.24) is 9.88 Å². The second-order valence-electron chi connectivity index (χ2n) is 9.64. The average Bonchev–Trinajstić information content (AvgIpc) is 2.97. The van der Waals surface area contributed by atoms with Crippen LogP contribution in [0, 0.1) is 11.3 Å². The van der Waals surface area contributed by atoms with Crippen LogP contribution in [0.25, 0.3) is 0 Å². The van der Waals surface area contributed by atoms with E-state index < -0.39 is 0 Å². The SMILES string of the molecule is COc1ccc(CCNc2nc(N3CCOCC3)c(C#N)c3c2CCN(Cc2ccccc2)C3)cc1OC. The largest absolute Gasteiger partial charge is 0.493 e. The van der Waals surface area contributed by atoms with Gasteiger partial charge in [-0.05, 0) is 41.7 Å². The summed E-state index contributed by atoms with van der Waals surface area (Å²) in [5.74, 6) is 3.11. The Morgan fingerprint density at radius 1 is 0.974 bits per heavy atom. The van der Waals surface area contributed by atoms with Crippen LogP contribution in [0.15, 0.2) is 48.5 Å². The molecule has 1 saturated heterocycles. The fourth-order valence-corrected chi connectivity index (χ4v) is 5.28. The summed E-state index contributed by atoms with van der Waals surface area (Å²) in [5.41, 5.74) is 5.39. The highest BCUT2D eigenvalue weighted by Crippen LogP contribution is 2.34. The fraction of sp³-hybridized carbons (Fsp3) is 0.400. The molecule has 198 valence electrons. The third-order valence-corrected chi connectivity index (χ3v) is 7.28. The molecule has 1 fully saturated rings. The average molecular weight is 514 g/mol. The van der Waals surface area contributed by atoms with Crippen molar-refractivity contribution in [2.24, 2.45) is 0 Å². The lowest BCUT2D eigenvalue weighted by atomic mass is 9.95. The summed E-state index contributed by atoms with van der Waals surface area (Å²) in [6, 6.07) is 19.1. The molecule has 8 heteroatoms. The van der Waals surface area contributed by atoms with E-state index in [2.05, 4.69) is 51.5 Å². The normalized spacial score (nSPS) is 15.4. The molecule has 0 spiro atoms. The molecule has 0 aliphatic carbocycles. The Balaban J connectivity index is 1.41. The van der Waals surface area contributed by atoms with Gasteiger partial charge in [0.25, 0.3) is 0 Å². The summed E-state index contributed by atoms with van der Waals surface area (Å²) in [6.45, 7) is 6.00. The van der Waals surface area contributed by atoms with Gasteiger partial charge in [-0.1, -0.05) is 36.4 Å². The van der Waals surface area contributed by atoms with Gasteiger partial charge < -0.3 is 24.4 Å². The number of pyridine rings is 1. The standard InChI is InChI=1S/C30H35N5O3/c1-36-27-9-8-22(18-28(27)37-2)10-12-32-29-24-11-13-34(20-23-6-4-3-5-7-23)21-26(24)25(19-31)30(33-29)35-14-16-38-17-15-35/h3-9,18H,10-17,20-21H2,1-2H3,(H,32,33). The Kier molecular flexibility index (Phi) is 8.27. The van der Waals surface area contributed by atoms with Crippen LogP contribution in [-0.2, 0) is 30.7 Å². The van der Waals surface area contributed by atoms with E-state index in [1.165, 1.54) is 5.56 Å². The van der Waals surface area contributed by atoms with E-state index in [0.29, 0.717) is 18.8 Å². The zero-order valence-electron chi connectivity index (χ0n) is 22.2. The van der Waals surface area contributed by atoms with E-state index in [1.54, 1.807) is 14.2 Å². The highest BCUT2D eigenvalue weighted by Gasteiger charge is 2.28. The van der Waals surface area contributed by atoms with Gasteiger partial charge in [0.1, 0.15) is 17.7 Å². The molecule has 3 heterocycles. The number of hydrogen-bond donors (Lipinski definition) is 1.